The van der Waals surface area contributed by atoms with Gasteiger partial charge in [0.1, 0.15) is 11.3 Å². The predicted molar refractivity (Wildman–Crippen MR) is 95.8 cm³/mol. The van der Waals surface area contributed by atoms with Gasteiger partial charge in [-0.25, -0.2) is 4.79 Å². The molecule has 0 spiro atoms. The van der Waals surface area contributed by atoms with E-state index in [1.807, 2.05) is 0 Å². The van der Waals surface area contributed by atoms with Crippen LogP contribution in [0.5, 0.6) is 5.75 Å². The van der Waals surface area contributed by atoms with Gasteiger partial charge in [-0.2, -0.15) is 0 Å². The third kappa shape index (κ3) is 8.85. The van der Waals surface area contributed by atoms with Crippen molar-refractivity contribution in [1.29, 1.82) is 0 Å². The van der Waals surface area contributed by atoms with E-state index in [0.717, 1.165) is 12.8 Å². The molecule has 1 aromatic carbocycles. The fourth-order valence-corrected chi connectivity index (χ4v) is 2.73. The molecule has 0 atom stereocenters. The highest BCUT2D eigenvalue weighted by Gasteiger charge is 2.11. The van der Waals surface area contributed by atoms with Crippen molar-refractivity contribution in [2.24, 2.45) is 0 Å². The van der Waals surface area contributed by atoms with Gasteiger partial charge in [0.25, 0.3) is 0 Å². The molecule has 1 aromatic rings. The second kappa shape index (κ2) is 12.2. The Balaban J connectivity index is 2.09. The molecule has 1 N–H and O–H groups in total. The standard InChI is InChI=1S/C19H29ClO3/c1-2-3-4-5-6-7-8-9-10-11-14-23-18-15-16(20)12-13-17(18)19(21)22/h12-13,15H,2-11,14H2,1H3,(H,21,22). The summed E-state index contributed by atoms with van der Waals surface area (Å²) < 4.78 is 5.59. The zero-order valence-corrected chi connectivity index (χ0v) is 14.9. The lowest BCUT2D eigenvalue weighted by Crippen LogP contribution is -2.04. The van der Waals surface area contributed by atoms with Gasteiger partial charge in [-0.1, -0.05) is 76.3 Å². The summed E-state index contributed by atoms with van der Waals surface area (Å²) >= 11 is 5.89. The number of unbranched alkanes of at least 4 members (excludes halogenated alkanes) is 9. The number of carboxylic acid groups (broad SMARTS) is 1. The Morgan fingerprint density at radius 3 is 2.13 bits per heavy atom. The van der Waals surface area contributed by atoms with E-state index in [0.29, 0.717) is 17.4 Å². The van der Waals surface area contributed by atoms with Crippen LogP contribution in [0.4, 0.5) is 0 Å². The molecule has 0 unspecified atom stereocenters. The summed E-state index contributed by atoms with van der Waals surface area (Å²) in [5.41, 5.74) is 0.168. The third-order valence-electron chi connectivity index (χ3n) is 3.93. The number of ether oxygens (including phenoxy) is 1. The van der Waals surface area contributed by atoms with Crippen LogP contribution in [-0.2, 0) is 0 Å². The maximum Gasteiger partial charge on any atom is 0.339 e. The quantitative estimate of drug-likeness (QED) is 0.426. The minimum Gasteiger partial charge on any atom is -0.493 e. The van der Waals surface area contributed by atoms with E-state index in [2.05, 4.69) is 6.92 Å². The molecule has 0 aliphatic heterocycles. The molecule has 0 bridgehead atoms. The van der Waals surface area contributed by atoms with Crippen LogP contribution in [-0.4, -0.2) is 17.7 Å². The molecular weight excluding hydrogens is 312 g/mol. The molecule has 4 heteroatoms. The topological polar surface area (TPSA) is 46.5 Å². The Morgan fingerprint density at radius 2 is 1.57 bits per heavy atom. The molecule has 0 aliphatic rings. The Bertz CT molecular complexity index is 460. The van der Waals surface area contributed by atoms with Crippen molar-refractivity contribution in [1.82, 2.24) is 0 Å². The molecule has 0 fully saturated rings. The number of hydrogen-bond donors (Lipinski definition) is 1. The lowest BCUT2D eigenvalue weighted by Gasteiger charge is -2.09. The van der Waals surface area contributed by atoms with E-state index in [-0.39, 0.29) is 5.56 Å². The number of rotatable bonds is 13. The third-order valence-corrected chi connectivity index (χ3v) is 4.16. The van der Waals surface area contributed by atoms with Gasteiger partial charge in [-0.3, -0.25) is 0 Å². The van der Waals surface area contributed by atoms with Crippen molar-refractivity contribution in [3.05, 3.63) is 28.8 Å². The maximum absolute atomic E-state index is 11.1. The van der Waals surface area contributed by atoms with Crippen molar-refractivity contribution in [3.63, 3.8) is 0 Å². The molecule has 130 valence electrons. The van der Waals surface area contributed by atoms with E-state index in [4.69, 9.17) is 21.4 Å². The molecule has 0 saturated heterocycles. The van der Waals surface area contributed by atoms with Crippen LogP contribution >= 0.6 is 11.6 Å². The molecule has 0 heterocycles. The number of aromatic carboxylic acids is 1. The summed E-state index contributed by atoms with van der Waals surface area (Å²) in [5, 5.41) is 9.60. The summed E-state index contributed by atoms with van der Waals surface area (Å²) in [6.07, 6.45) is 12.6. The Morgan fingerprint density at radius 1 is 1.00 bits per heavy atom. The first kappa shape index (κ1) is 19.8. The number of hydrogen-bond acceptors (Lipinski definition) is 2. The average Bonchev–Trinajstić information content (AvgIpc) is 2.52. The van der Waals surface area contributed by atoms with E-state index >= 15 is 0 Å². The number of carboxylic acids is 1. The van der Waals surface area contributed by atoms with Crippen LogP contribution in [0.3, 0.4) is 0 Å². The van der Waals surface area contributed by atoms with Crippen LogP contribution in [0.25, 0.3) is 0 Å². The summed E-state index contributed by atoms with van der Waals surface area (Å²) in [6.45, 7) is 2.78. The van der Waals surface area contributed by atoms with E-state index < -0.39 is 5.97 Å². The van der Waals surface area contributed by atoms with Gasteiger partial charge in [0.15, 0.2) is 0 Å². The van der Waals surface area contributed by atoms with Crippen molar-refractivity contribution >= 4 is 17.6 Å². The van der Waals surface area contributed by atoms with Crippen molar-refractivity contribution < 1.29 is 14.6 Å². The molecular formula is C19H29ClO3. The zero-order chi connectivity index (χ0) is 16.9. The zero-order valence-electron chi connectivity index (χ0n) is 14.2. The number of carbonyl (C=O) groups is 1. The molecule has 0 aromatic heterocycles. The van der Waals surface area contributed by atoms with E-state index in [1.54, 1.807) is 12.1 Å². The van der Waals surface area contributed by atoms with Gasteiger partial charge in [0.2, 0.25) is 0 Å². The fraction of sp³-hybridized carbons (Fsp3) is 0.632. The van der Waals surface area contributed by atoms with Gasteiger partial charge >= 0.3 is 5.97 Å². The summed E-state index contributed by atoms with van der Waals surface area (Å²) in [5.74, 6) is -0.624. The Hall–Kier alpha value is -1.22. The van der Waals surface area contributed by atoms with Gasteiger partial charge in [-0.15, -0.1) is 0 Å². The summed E-state index contributed by atoms with van der Waals surface area (Å²) in [7, 11) is 0. The van der Waals surface area contributed by atoms with Crippen LogP contribution in [0.15, 0.2) is 18.2 Å². The minimum absolute atomic E-state index is 0.168. The second-order valence-corrected chi connectivity index (χ2v) is 6.41. The van der Waals surface area contributed by atoms with Crippen LogP contribution < -0.4 is 4.74 Å². The summed E-state index contributed by atoms with van der Waals surface area (Å²) in [6, 6.07) is 4.62. The van der Waals surface area contributed by atoms with Crippen LogP contribution in [0.1, 0.15) is 81.5 Å². The molecule has 3 nitrogen and oxygen atoms in total. The van der Waals surface area contributed by atoms with Crippen molar-refractivity contribution in [2.75, 3.05) is 6.61 Å². The fourth-order valence-electron chi connectivity index (χ4n) is 2.56. The highest BCUT2D eigenvalue weighted by Crippen LogP contribution is 2.23. The molecule has 0 saturated carbocycles. The highest BCUT2D eigenvalue weighted by atomic mass is 35.5. The average molecular weight is 341 g/mol. The van der Waals surface area contributed by atoms with Gasteiger partial charge in [-0.05, 0) is 24.6 Å². The smallest absolute Gasteiger partial charge is 0.339 e. The first-order valence-electron chi connectivity index (χ1n) is 8.80. The van der Waals surface area contributed by atoms with Gasteiger partial charge in [0, 0.05) is 5.02 Å². The van der Waals surface area contributed by atoms with E-state index in [1.165, 1.54) is 57.4 Å². The number of benzene rings is 1. The normalized spacial score (nSPS) is 10.7. The second-order valence-electron chi connectivity index (χ2n) is 5.98. The molecule has 0 amide bonds. The van der Waals surface area contributed by atoms with Crippen molar-refractivity contribution in [3.8, 4) is 5.75 Å². The molecule has 1 rings (SSSR count). The predicted octanol–water partition coefficient (Wildman–Crippen LogP) is 6.34. The summed E-state index contributed by atoms with van der Waals surface area (Å²) in [4.78, 5) is 11.1. The minimum atomic E-state index is -0.986. The molecule has 0 radical (unpaired) electrons. The van der Waals surface area contributed by atoms with E-state index in [9.17, 15) is 4.79 Å². The lowest BCUT2D eigenvalue weighted by atomic mass is 10.1. The van der Waals surface area contributed by atoms with Crippen molar-refractivity contribution in [2.45, 2.75) is 71.1 Å². The largest absolute Gasteiger partial charge is 0.493 e. The highest BCUT2D eigenvalue weighted by molar-refractivity contribution is 6.30. The van der Waals surface area contributed by atoms with Gasteiger partial charge in [0.05, 0.1) is 6.61 Å². The maximum atomic E-state index is 11.1. The van der Waals surface area contributed by atoms with Crippen LogP contribution in [0, 0.1) is 0 Å². The monoisotopic (exact) mass is 340 g/mol. The first-order chi connectivity index (χ1) is 11.1. The van der Waals surface area contributed by atoms with Gasteiger partial charge < -0.3 is 9.84 Å². The number of halogens is 1. The molecule has 0 aliphatic carbocycles. The Labute approximate surface area is 145 Å². The SMILES string of the molecule is CCCCCCCCCCCCOc1cc(Cl)ccc1C(=O)O. The Kier molecular flexibility index (Phi) is 10.5. The lowest BCUT2D eigenvalue weighted by molar-refractivity contribution is 0.0692. The van der Waals surface area contributed by atoms with Crippen LogP contribution in [0.2, 0.25) is 5.02 Å². The first-order valence-corrected chi connectivity index (χ1v) is 9.18. The molecule has 23 heavy (non-hydrogen) atoms.